The van der Waals surface area contributed by atoms with Crippen molar-refractivity contribution < 1.29 is 14.3 Å². The van der Waals surface area contributed by atoms with Gasteiger partial charge in [0.1, 0.15) is 0 Å². The molecule has 8 nitrogen and oxygen atoms in total. The summed E-state index contributed by atoms with van der Waals surface area (Å²) < 4.78 is 6.84. The molecule has 0 unspecified atom stereocenters. The molecule has 0 spiro atoms. The van der Waals surface area contributed by atoms with Gasteiger partial charge in [0.15, 0.2) is 0 Å². The summed E-state index contributed by atoms with van der Waals surface area (Å²) in [6.45, 7) is 3.55. The van der Waals surface area contributed by atoms with Gasteiger partial charge in [0.05, 0.1) is 13.2 Å². The second-order valence-corrected chi connectivity index (χ2v) is 7.53. The number of pyridine rings is 1. The highest BCUT2D eigenvalue weighted by molar-refractivity contribution is 5.77. The Morgan fingerprint density at radius 2 is 1.93 bits per heavy atom. The first-order chi connectivity index (χ1) is 13.5. The van der Waals surface area contributed by atoms with Gasteiger partial charge in [-0.2, -0.15) is 0 Å². The summed E-state index contributed by atoms with van der Waals surface area (Å²) >= 11 is 0. The summed E-state index contributed by atoms with van der Waals surface area (Å²) in [5, 5.41) is 2.97. The average molecular weight is 390 g/mol. The first-order valence-electron chi connectivity index (χ1n) is 10.0. The van der Waals surface area contributed by atoms with Crippen LogP contribution >= 0.6 is 0 Å². The third-order valence-corrected chi connectivity index (χ3v) is 5.77. The lowest BCUT2D eigenvalue weighted by Crippen LogP contribution is -2.45. The Bertz CT molecular complexity index is 729. The van der Waals surface area contributed by atoms with Gasteiger partial charge < -0.3 is 19.5 Å². The molecule has 0 aromatic carbocycles. The molecule has 8 heteroatoms. The highest BCUT2D eigenvalue weighted by Crippen LogP contribution is 2.25. The van der Waals surface area contributed by atoms with Crippen LogP contribution in [-0.2, 0) is 20.9 Å². The van der Waals surface area contributed by atoms with Gasteiger partial charge in [0.2, 0.25) is 11.8 Å². The lowest BCUT2D eigenvalue weighted by atomic mass is 10.1. The smallest absolute Gasteiger partial charge is 0.250 e. The van der Waals surface area contributed by atoms with Crippen molar-refractivity contribution in [3.05, 3.63) is 34.7 Å². The van der Waals surface area contributed by atoms with Crippen molar-refractivity contribution in [1.82, 2.24) is 19.7 Å². The molecule has 0 bridgehead atoms. The van der Waals surface area contributed by atoms with E-state index in [4.69, 9.17) is 4.74 Å². The summed E-state index contributed by atoms with van der Waals surface area (Å²) in [6.07, 6.45) is 4.43. The molecule has 2 fully saturated rings. The number of amides is 2. The van der Waals surface area contributed by atoms with Crippen molar-refractivity contribution in [3.63, 3.8) is 0 Å². The molecule has 2 amide bonds. The summed E-state index contributed by atoms with van der Waals surface area (Å²) in [6, 6.07) is 5.43. The number of nitrogens with one attached hydrogen (secondary N) is 1. The zero-order valence-electron chi connectivity index (χ0n) is 16.5. The van der Waals surface area contributed by atoms with Crippen LogP contribution in [0.25, 0.3) is 0 Å². The number of aryl methyl sites for hydroxylation is 1. The third kappa shape index (κ3) is 5.42. The SMILES string of the molecule is CN1[C@@H](CC(=O)N2CCOCC2)CC[C@H]1CNC(=O)CCn1ccccc1=O. The Hall–Kier alpha value is -2.19. The number of ether oxygens (including phenoxy) is 1. The quantitative estimate of drug-likeness (QED) is 0.712. The van der Waals surface area contributed by atoms with E-state index >= 15 is 0 Å². The number of carbonyl (C=O) groups excluding carboxylic acids is 2. The maximum atomic E-state index is 12.5. The molecule has 154 valence electrons. The summed E-state index contributed by atoms with van der Waals surface area (Å²) in [4.78, 5) is 40.4. The molecule has 0 aliphatic carbocycles. The second-order valence-electron chi connectivity index (χ2n) is 7.53. The maximum absolute atomic E-state index is 12.5. The van der Waals surface area contributed by atoms with Crippen LogP contribution in [0, 0.1) is 0 Å². The molecule has 3 heterocycles. The number of likely N-dealkylation sites (N-methyl/N-ethyl adjacent to an activating group) is 1. The summed E-state index contributed by atoms with van der Waals surface area (Å²) in [5.41, 5.74) is -0.0985. The molecule has 2 aliphatic rings. The van der Waals surface area contributed by atoms with E-state index in [1.54, 1.807) is 18.3 Å². The number of morpholine rings is 1. The molecule has 0 saturated carbocycles. The topological polar surface area (TPSA) is 83.9 Å². The van der Waals surface area contributed by atoms with Gasteiger partial charge in [-0.05, 0) is 26.0 Å². The van der Waals surface area contributed by atoms with E-state index in [-0.39, 0.29) is 35.9 Å². The van der Waals surface area contributed by atoms with Gasteiger partial charge in [0, 0.05) is 63.4 Å². The average Bonchev–Trinajstić information content (AvgIpc) is 3.06. The molecule has 1 aromatic heterocycles. The van der Waals surface area contributed by atoms with Crippen LogP contribution in [0.1, 0.15) is 25.7 Å². The van der Waals surface area contributed by atoms with E-state index in [2.05, 4.69) is 10.2 Å². The van der Waals surface area contributed by atoms with Gasteiger partial charge in [0.25, 0.3) is 5.56 Å². The number of hydrogen-bond acceptors (Lipinski definition) is 5. The zero-order chi connectivity index (χ0) is 19.9. The van der Waals surface area contributed by atoms with Crippen molar-refractivity contribution in [2.24, 2.45) is 0 Å². The van der Waals surface area contributed by atoms with Gasteiger partial charge in [-0.15, -0.1) is 0 Å². The van der Waals surface area contributed by atoms with E-state index in [0.717, 1.165) is 12.8 Å². The molecule has 1 aromatic rings. The van der Waals surface area contributed by atoms with Gasteiger partial charge >= 0.3 is 0 Å². The molecule has 2 aliphatic heterocycles. The van der Waals surface area contributed by atoms with Crippen LogP contribution in [0.4, 0.5) is 0 Å². The van der Waals surface area contributed by atoms with Crippen molar-refractivity contribution in [2.75, 3.05) is 39.9 Å². The summed E-state index contributed by atoms with van der Waals surface area (Å²) in [5.74, 6) is 0.134. The van der Waals surface area contributed by atoms with E-state index in [9.17, 15) is 14.4 Å². The predicted molar refractivity (Wildman–Crippen MR) is 105 cm³/mol. The van der Waals surface area contributed by atoms with Crippen LogP contribution in [0.15, 0.2) is 29.2 Å². The fraction of sp³-hybridized carbons (Fsp3) is 0.650. The first kappa shape index (κ1) is 20.5. The Labute approximate surface area is 165 Å². The summed E-state index contributed by atoms with van der Waals surface area (Å²) in [7, 11) is 2.03. The Balaban J connectivity index is 1.39. The lowest BCUT2D eigenvalue weighted by Gasteiger charge is -2.30. The van der Waals surface area contributed by atoms with Crippen LogP contribution in [0.5, 0.6) is 0 Å². The highest BCUT2D eigenvalue weighted by atomic mass is 16.5. The number of rotatable bonds is 7. The minimum absolute atomic E-state index is 0.0583. The molecule has 2 saturated heterocycles. The first-order valence-corrected chi connectivity index (χ1v) is 10.0. The fourth-order valence-corrected chi connectivity index (χ4v) is 3.91. The number of hydrogen-bond donors (Lipinski definition) is 1. The van der Waals surface area contributed by atoms with E-state index in [1.165, 1.54) is 10.6 Å². The Morgan fingerprint density at radius 1 is 1.18 bits per heavy atom. The Morgan fingerprint density at radius 3 is 2.68 bits per heavy atom. The van der Waals surface area contributed by atoms with Crippen molar-refractivity contribution in [1.29, 1.82) is 0 Å². The molecular formula is C20H30N4O4. The zero-order valence-corrected chi connectivity index (χ0v) is 16.5. The third-order valence-electron chi connectivity index (χ3n) is 5.77. The van der Waals surface area contributed by atoms with E-state index < -0.39 is 0 Å². The molecule has 2 atom stereocenters. The lowest BCUT2D eigenvalue weighted by molar-refractivity contribution is -0.136. The van der Waals surface area contributed by atoms with Gasteiger partial charge in [-0.25, -0.2) is 0 Å². The largest absolute Gasteiger partial charge is 0.378 e. The fourth-order valence-electron chi connectivity index (χ4n) is 3.91. The number of likely N-dealkylation sites (tertiary alicyclic amines) is 1. The number of carbonyl (C=O) groups is 2. The predicted octanol–water partition coefficient (Wildman–Crippen LogP) is 0.0663. The maximum Gasteiger partial charge on any atom is 0.250 e. The van der Waals surface area contributed by atoms with Crippen molar-refractivity contribution in [3.8, 4) is 0 Å². The van der Waals surface area contributed by atoms with E-state index in [0.29, 0.717) is 45.8 Å². The standard InChI is InChI=1S/C20H30N4O4/c1-22-16(14-20(27)24-10-12-28-13-11-24)5-6-17(22)15-21-18(25)7-9-23-8-3-2-4-19(23)26/h2-4,8,16-17H,5-7,9-15H2,1H3,(H,21,25)/t16-,17+/m1/s1. The van der Waals surface area contributed by atoms with Crippen molar-refractivity contribution in [2.45, 2.75) is 44.3 Å². The second kappa shape index (κ2) is 9.84. The minimum Gasteiger partial charge on any atom is -0.378 e. The van der Waals surface area contributed by atoms with Crippen LogP contribution in [0.3, 0.4) is 0 Å². The normalized spacial score (nSPS) is 23.0. The molecule has 0 radical (unpaired) electrons. The van der Waals surface area contributed by atoms with Gasteiger partial charge in [-0.3, -0.25) is 19.3 Å². The van der Waals surface area contributed by atoms with Crippen molar-refractivity contribution >= 4 is 11.8 Å². The molecule has 3 rings (SSSR count). The van der Waals surface area contributed by atoms with Crippen LogP contribution in [0.2, 0.25) is 0 Å². The van der Waals surface area contributed by atoms with Gasteiger partial charge in [-0.1, -0.05) is 6.07 Å². The van der Waals surface area contributed by atoms with Crippen LogP contribution in [-0.4, -0.2) is 78.2 Å². The van der Waals surface area contributed by atoms with E-state index in [1.807, 2.05) is 11.9 Å². The monoisotopic (exact) mass is 390 g/mol. The highest BCUT2D eigenvalue weighted by Gasteiger charge is 2.33. The minimum atomic E-state index is -0.0985. The number of aromatic nitrogens is 1. The molecule has 28 heavy (non-hydrogen) atoms. The molecule has 1 N–H and O–H groups in total. The molecular weight excluding hydrogens is 360 g/mol. The number of nitrogens with zero attached hydrogens (tertiary/aromatic N) is 3. The Kier molecular flexibility index (Phi) is 7.22. The van der Waals surface area contributed by atoms with Crippen LogP contribution < -0.4 is 10.9 Å².